The summed E-state index contributed by atoms with van der Waals surface area (Å²) in [6.45, 7) is 5.29. The maximum absolute atomic E-state index is 11.9. The van der Waals surface area contributed by atoms with Crippen molar-refractivity contribution in [3.05, 3.63) is 0 Å². The summed E-state index contributed by atoms with van der Waals surface area (Å²) >= 11 is 0. The van der Waals surface area contributed by atoms with Crippen LogP contribution in [0.3, 0.4) is 0 Å². The van der Waals surface area contributed by atoms with Gasteiger partial charge in [0, 0.05) is 0 Å². The summed E-state index contributed by atoms with van der Waals surface area (Å²) in [6, 6.07) is -2.58. The second-order valence-electron chi connectivity index (χ2n) is 4.18. The Labute approximate surface area is 106 Å². The minimum Gasteiger partial charge on any atom is -0.480 e. The van der Waals surface area contributed by atoms with Gasteiger partial charge in [-0.05, 0) is 12.3 Å². The lowest BCUT2D eigenvalue weighted by atomic mass is 9.98. The maximum Gasteiger partial charge on any atom is 0.326 e. The first kappa shape index (κ1) is 16.2. The highest BCUT2D eigenvalue weighted by Crippen LogP contribution is 2.08. The highest BCUT2D eigenvalue weighted by atomic mass is 16.4. The molecule has 3 amide bonds. The Morgan fingerprint density at radius 2 is 1.72 bits per heavy atom. The fourth-order valence-corrected chi connectivity index (χ4v) is 1.46. The van der Waals surface area contributed by atoms with E-state index < -0.39 is 30.0 Å². The number of carboxylic acid groups (broad SMARTS) is 1. The number of carboxylic acids is 1. The fraction of sp³-hybridized carbons (Fsp3) is 0.727. The minimum absolute atomic E-state index is 0.135. The van der Waals surface area contributed by atoms with E-state index >= 15 is 0 Å². The van der Waals surface area contributed by atoms with E-state index in [0.29, 0.717) is 6.42 Å². The molecule has 18 heavy (non-hydrogen) atoms. The smallest absolute Gasteiger partial charge is 0.326 e. The largest absolute Gasteiger partial charge is 0.480 e. The molecule has 0 fully saturated rings. The predicted molar refractivity (Wildman–Crippen MR) is 65.8 cm³/mol. The van der Waals surface area contributed by atoms with Crippen LogP contribution in [0.25, 0.3) is 0 Å². The highest BCUT2D eigenvalue weighted by Gasteiger charge is 2.28. The molecule has 2 unspecified atom stereocenters. The van der Waals surface area contributed by atoms with Gasteiger partial charge in [0.15, 0.2) is 0 Å². The average Bonchev–Trinajstić information content (AvgIpc) is 2.30. The van der Waals surface area contributed by atoms with Crippen LogP contribution in [0.5, 0.6) is 0 Å². The van der Waals surface area contributed by atoms with Gasteiger partial charge in [-0.25, -0.2) is 9.59 Å². The van der Waals surface area contributed by atoms with Crippen LogP contribution >= 0.6 is 0 Å². The highest BCUT2D eigenvalue weighted by molar-refractivity contribution is 5.89. The van der Waals surface area contributed by atoms with Crippen LogP contribution in [0.15, 0.2) is 0 Å². The summed E-state index contributed by atoms with van der Waals surface area (Å²) in [5.74, 6) is -1.77. The molecule has 7 nitrogen and oxygen atoms in total. The van der Waals surface area contributed by atoms with Gasteiger partial charge in [-0.3, -0.25) is 4.79 Å². The second-order valence-corrected chi connectivity index (χ2v) is 4.18. The summed E-state index contributed by atoms with van der Waals surface area (Å²) in [5, 5.41) is 13.6. The molecule has 0 aliphatic heterocycles. The Morgan fingerprint density at radius 3 is 2.06 bits per heavy atom. The zero-order valence-corrected chi connectivity index (χ0v) is 10.9. The van der Waals surface area contributed by atoms with Crippen LogP contribution in [-0.2, 0) is 9.59 Å². The Kier molecular flexibility index (Phi) is 6.77. The van der Waals surface area contributed by atoms with Crippen LogP contribution in [0.1, 0.15) is 33.6 Å². The molecule has 0 bridgehead atoms. The minimum atomic E-state index is -1.10. The number of amides is 3. The summed E-state index contributed by atoms with van der Waals surface area (Å²) < 4.78 is 0. The molecule has 0 aromatic rings. The van der Waals surface area contributed by atoms with Crippen LogP contribution in [0.4, 0.5) is 4.79 Å². The summed E-state index contributed by atoms with van der Waals surface area (Å²) in [6.07, 6.45) is 0.924. The van der Waals surface area contributed by atoms with E-state index in [1.165, 1.54) is 0 Å². The van der Waals surface area contributed by atoms with E-state index in [4.69, 9.17) is 10.8 Å². The van der Waals surface area contributed by atoms with Gasteiger partial charge in [0.1, 0.15) is 12.1 Å². The molecule has 0 radical (unpaired) electrons. The Hall–Kier alpha value is -1.79. The lowest BCUT2D eigenvalue weighted by Crippen LogP contribution is -2.54. The zero-order chi connectivity index (χ0) is 14.3. The third kappa shape index (κ3) is 5.03. The molecule has 0 aliphatic rings. The van der Waals surface area contributed by atoms with Crippen LogP contribution < -0.4 is 16.4 Å². The maximum atomic E-state index is 11.9. The number of carbonyl (C=O) groups excluding carboxylic acids is 2. The first-order valence-corrected chi connectivity index (χ1v) is 5.92. The molecule has 5 N–H and O–H groups in total. The predicted octanol–water partition coefficient (Wildman–Crippen LogP) is 0.0488. The van der Waals surface area contributed by atoms with Crippen LogP contribution in [-0.4, -0.2) is 35.1 Å². The Balaban J connectivity index is 4.74. The molecule has 0 aliphatic carbocycles. The van der Waals surface area contributed by atoms with E-state index in [0.717, 1.165) is 0 Å². The molecule has 7 heteroatoms. The molecule has 0 saturated carbocycles. The third-order valence-corrected chi connectivity index (χ3v) is 2.82. The van der Waals surface area contributed by atoms with Gasteiger partial charge < -0.3 is 21.5 Å². The molecule has 0 saturated heterocycles. The number of aliphatic carboxylic acids is 1. The number of hydrogen-bond donors (Lipinski definition) is 4. The van der Waals surface area contributed by atoms with E-state index in [1.807, 2.05) is 6.92 Å². The molecule has 0 heterocycles. The van der Waals surface area contributed by atoms with Crippen molar-refractivity contribution in [1.29, 1.82) is 0 Å². The molecular weight excluding hydrogens is 238 g/mol. The van der Waals surface area contributed by atoms with Gasteiger partial charge in [-0.1, -0.05) is 27.2 Å². The molecule has 0 rings (SSSR count). The molecule has 0 spiro atoms. The van der Waals surface area contributed by atoms with Gasteiger partial charge >= 0.3 is 12.0 Å². The lowest BCUT2D eigenvalue weighted by molar-refractivity contribution is -0.142. The SMILES string of the molecule is CCC(C)C(NC(N)=O)C(=O)N[C@H](CC)C(=O)O. The topological polar surface area (TPSA) is 122 Å². The molecule has 3 atom stereocenters. The first-order valence-electron chi connectivity index (χ1n) is 5.92. The Bertz CT molecular complexity index is 319. The van der Waals surface area contributed by atoms with Crippen molar-refractivity contribution in [3.8, 4) is 0 Å². The van der Waals surface area contributed by atoms with Gasteiger partial charge in [-0.15, -0.1) is 0 Å². The van der Waals surface area contributed by atoms with Gasteiger partial charge in [0.05, 0.1) is 0 Å². The number of nitrogens with two attached hydrogens (primary N) is 1. The third-order valence-electron chi connectivity index (χ3n) is 2.82. The van der Waals surface area contributed by atoms with Gasteiger partial charge in [0.25, 0.3) is 0 Å². The van der Waals surface area contributed by atoms with Crippen LogP contribution in [0, 0.1) is 5.92 Å². The fourth-order valence-electron chi connectivity index (χ4n) is 1.46. The number of hydrogen-bond acceptors (Lipinski definition) is 3. The van der Waals surface area contributed by atoms with Gasteiger partial charge in [-0.2, -0.15) is 0 Å². The van der Waals surface area contributed by atoms with Crippen LogP contribution in [0.2, 0.25) is 0 Å². The molecule has 0 aromatic heterocycles. The van der Waals surface area contributed by atoms with Gasteiger partial charge in [0.2, 0.25) is 5.91 Å². The Morgan fingerprint density at radius 1 is 1.17 bits per heavy atom. The van der Waals surface area contributed by atoms with E-state index in [9.17, 15) is 14.4 Å². The molecule has 0 aromatic carbocycles. The summed E-state index contributed by atoms with van der Waals surface area (Å²) in [4.78, 5) is 33.6. The summed E-state index contributed by atoms with van der Waals surface area (Å²) in [7, 11) is 0. The number of nitrogens with one attached hydrogen (secondary N) is 2. The normalized spacial score (nSPS) is 15.3. The summed E-state index contributed by atoms with van der Waals surface area (Å²) in [5.41, 5.74) is 5.00. The van der Waals surface area contributed by atoms with Crippen molar-refractivity contribution in [2.24, 2.45) is 11.7 Å². The van der Waals surface area contributed by atoms with Crippen molar-refractivity contribution < 1.29 is 19.5 Å². The number of rotatable bonds is 7. The van der Waals surface area contributed by atoms with E-state index in [1.54, 1.807) is 13.8 Å². The average molecular weight is 259 g/mol. The lowest BCUT2D eigenvalue weighted by Gasteiger charge is -2.24. The van der Waals surface area contributed by atoms with Crippen molar-refractivity contribution in [2.75, 3.05) is 0 Å². The van der Waals surface area contributed by atoms with Crippen molar-refractivity contribution in [2.45, 2.75) is 45.7 Å². The first-order chi connectivity index (χ1) is 8.33. The molecular formula is C11H21N3O4. The standard InChI is InChI=1S/C11H21N3O4/c1-4-6(3)8(14-11(12)18)9(15)13-7(5-2)10(16)17/h6-8H,4-5H2,1-3H3,(H,13,15)(H,16,17)(H3,12,14,18)/t6?,7-,8?/m1/s1. The van der Waals surface area contributed by atoms with Crippen molar-refractivity contribution in [1.82, 2.24) is 10.6 Å². The van der Waals surface area contributed by atoms with E-state index in [-0.39, 0.29) is 12.3 Å². The zero-order valence-electron chi connectivity index (χ0n) is 10.9. The quantitative estimate of drug-likeness (QED) is 0.516. The molecule has 104 valence electrons. The monoisotopic (exact) mass is 259 g/mol. The number of urea groups is 1. The number of carbonyl (C=O) groups is 3. The van der Waals surface area contributed by atoms with Crippen molar-refractivity contribution >= 4 is 17.9 Å². The number of primary amides is 1. The van der Waals surface area contributed by atoms with E-state index in [2.05, 4.69) is 10.6 Å². The second kappa shape index (κ2) is 7.52. The van der Waals surface area contributed by atoms with Crippen molar-refractivity contribution in [3.63, 3.8) is 0 Å².